The van der Waals surface area contributed by atoms with Crippen molar-refractivity contribution in [1.29, 1.82) is 0 Å². The summed E-state index contributed by atoms with van der Waals surface area (Å²) in [6, 6.07) is 5.04. The minimum absolute atomic E-state index is 0.00185. The Balaban J connectivity index is 2.42. The molecule has 0 bridgehead atoms. The summed E-state index contributed by atoms with van der Waals surface area (Å²) in [5, 5.41) is 9.18. The van der Waals surface area contributed by atoms with Gasteiger partial charge in [0.1, 0.15) is 5.56 Å². The highest BCUT2D eigenvalue weighted by Gasteiger charge is 2.16. The van der Waals surface area contributed by atoms with Gasteiger partial charge in [0.2, 0.25) is 5.88 Å². The zero-order valence-electron chi connectivity index (χ0n) is 11.1. The minimum Gasteiger partial charge on any atom is -0.477 e. The number of ether oxygens (including phenoxy) is 1. The number of hydrogen-bond donors (Lipinski definition) is 1. The average Bonchev–Trinajstić information content (AvgIpc) is 2.42. The fourth-order valence-corrected chi connectivity index (χ4v) is 2.04. The van der Waals surface area contributed by atoms with E-state index < -0.39 is 5.97 Å². The van der Waals surface area contributed by atoms with Crippen LogP contribution in [0.5, 0.6) is 11.6 Å². The third-order valence-electron chi connectivity index (χ3n) is 2.66. The van der Waals surface area contributed by atoms with Crippen LogP contribution in [0.4, 0.5) is 0 Å². The second kappa shape index (κ2) is 6.00. The summed E-state index contributed by atoms with van der Waals surface area (Å²) >= 11 is 3.19. The lowest BCUT2D eigenvalue weighted by molar-refractivity contribution is 0.0693. The van der Waals surface area contributed by atoms with E-state index in [-0.39, 0.29) is 11.4 Å². The quantitative estimate of drug-likeness (QED) is 0.923. The van der Waals surface area contributed by atoms with E-state index in [1.165, 1.54) is 12.3 Å². The molecule has 2 aromatic rings. The maximum absolute atomic E-state index is 11.2. The molecule has 0 saturated heterocycles. The van der Waals surface area contributed by atoms with Crippen molar-refractivity contribution in [2.45, 2.75) is 20.3 Å². The Kier molecular flexibility index (Phi) is 4.34. The number of nitrogens with zero attached hydrogens (tertiary/aromatic N) is 2. The van der Waals surface area contributed by atoms with Gasteiger partial charge in [-0.05, 0) is 47.5 Å². The van der Waals surface area contributed by atoms with Crippen molar-refractivity contribution in [3.8, 4) is 11.6 Å². The van der Waals surface area contributed by atoms with Gasteiger partial charge in [-0.3, -0.25) is 4.98 Å². The molecule has 0 aliphatic heterocycles. The van der Waals surface area contributed by atoms with E-state index in [1.54, 1.807) is 6.07 Å². The highest BCUT2D eigenvalue weighted by atomic mass is 79.9. The molecule has 0 aliphatic carbocycles. The molecule has 2 rings (SSSR count). The SMILES string of the molecule is CCc1nc(C)ccc1Oc1ncc(Br)cc1C(=O)O. The molecule has 0 saturated carbocycles. The summed E-state index contributed by atoms with van der Waals surface area (Å²) in [5.74, 6) is -0.511. The number of aromatic nitrogens is 2. The zero-order chi connectivity index (χ0) is 14.7. The number of rotatable bonds is 4. The van der Waals surface area contributed by atoms with Gasteiger partial charge in [0, 0.05) is 16.4 Å². The number of carbonyl (C=O) groups is 1. The predicted octanol–water partition coefficient (Wildman–Crippen LogP) is 3.60. The summed E-state index contributed by atoms with van der Waals surface area (Å²) in [6.45, 7) is 3.85. The zero-order valence-corrected chi connectivity index (χ0v) is 12.6. The molecule has 5 nitrogen and oxygen atoms in total. The largest absolute Gasteiger partial charge is 0.477 e. The van der Waals surface area contributed by atoms with Crippen LogP contribution in [0.3, 0.4) is 0 Å². The molecular formula is C14H13BrN2O3. The molecular weight excluding hydrogens is 324 g/mol. The van der Waals surface area contributed by atoms with Crippen LogP contribution in [0.25, 0.3) is 0 Å². The van der Waals surface area contributed by atoms with Gasteiger partial charge in [0.25, 0.3) is 0 Å². The first-order valence-electron chi connectivity index (χ1n) is 6.04. The molecule has 0 fully saturated rings. The van der Waals surface area contributed by atoms with Crippen molar-refractivity contribution in [2.24, 2.45) is 0 Å². The number of hydrogen-bond acceptors (Lipinski definition) is 4. The number of carboxylic acids is 1. The summed E-state index contributed by atoms with van der Waals surface area (Å²) in [6.07, 6.45) is 2.19. The minimum atomic E-state index is -1.09. The van der Waals surface area contributed by atoms with Crippen LogP contribution < -0.4 is 4.74 Å². The van der Waals surface area contributed by atoms with Crippen LogP contribution in [-0.2, 0) is 6.42 Å². The molecule has 0 aliphatic rings. The summed E-state index contributed by atoms with van der Waals surface area (Å²) in [4.78, 5) is 19.6. The van der Waals surface area contributed by atoms with Crippen molar-refractivity contribution in [2.75, 3.05) is 0 Å². The third kappa shape index (κ3) is 3.14. The van der Waals surface area contributed by atoms with Crippen LogP contribution >= 0.6 is 15.9 Å². The molecule has 2 heterocycles. The molecule has 104 valence electrons. The maximum Gasteiger partial charge on any atom is 0.341 e. The van der Waals surface area contributed by atoms with Crippen LogP contribution in [0.2, 0.25) is 0 Å². The van der Waals surface area contributed by atoms with Gasteiger partial charge in [-0.1, -0.05) is 6.92 Å². The van der Waals surface area contributed by atoms with E-state index in [9.17, 15) is 9.90 Å². The van der Waals surface area contributed by atoms with E-state index in [0.717, 1.165) is 11.4 Å². The summed E-state index contributed by atoms with van der Waals surface area (Å²) in [7, 11) is 0. The van der Waals surface area contributed by atoms with Gasteiger partial charge in [-0.15, -0.1) is 0 Å². The average molecular weight is 337 g/mol. The van der Waals surface area contributed by atoms with Crippen LogP contribution in [0.15, 0.2) is 28.9 Å². The Morgan fingerprint density at radius 2 is 2.20 bits per heavy atom. The lowest BCUT2D eigenvalue weighted by Crippen LogP contribution is -2.04. The topological polar surface area (TPSA) is 72.3 Å². The van der Waals surface area contributed by atoms with Crippen molar-refractivity contribution in [3.05, 3.63) is 45.8 Å². The first kappa shape index (κ1) is 14.5. The van der Waals surface area contributed by atoms with Crippen LogP contribution in [-0.4, -0.2) is 21.0 Å². The van der Waals surface area contributed by atoms with Gasteiger partial charge < -0.3 is 9.84 Å². The second-order valence-corrected chi connectivity index (χ2v) is 5.08. The Bertz CT molecular complexity index is 659. The summed E-state index contributed by atoms with van der Waals surface area (Å²) in [5.41, 5.74) is 1.66. The Morgan fingerprint density at radius 3 is 2.85 bits per heavy atom. The van der Waals surface area contributed by atoms with E-state index in [4.69, 9.17) is 4.74 Å². The Hall–Kier alpha value is -1.95. The lowest BCUT2D eigenvalue weighted by Gasteiger charge is -2.11. The molecule has 0 unspecified atom stereocenters. The van der Waals surface area contributed by atoms with Crippen LogP contribution in [0.1, 0.15) is 28.7 Å². The molecule has 0 aromatic carbocycles. The Labute approximate surface area is 124 Å². The molecule has 20 heavy (non-hydrogen) atoms. The molecule has 1 N–H and O–H groups in total. The summed E-state index contributed by atoms with van der Waals surface area (Å²) < 4.78 is 6.21. The Morgan fingerprint density at radius 1 is 1.45 bits per heavy atom. The van der Waals surface area contributed by atoms with Gasteiger partial charge in [0.15, 0.2) is 5.75 Å². The van der Waals surface area contributed by atoms with Crippen molar-refractivity contribution in [1.82, 2.24) is 9.97 Å². The van der Waals surface area contributed by atoms with Crippen molar-refractivity contribution >= 4 is 21.9 Å². The number of carboxylic acid groups (broad SMARTS) is 1. The highest BCUT2D eigenvalue weighted by molar-refractivity contribution is 9.10. The van der Waals surface area contributed by atoms with Gasteiger partial charge in [-0.2, -0.15) is 0 Å². The number of pyridine rings is 2. The molecule has 0 atom stereocenters. The second-order valence-electron chi connectivity index (χ2n) is 4.16. The first-order valence-corrected chi connectivity index (χ1v) is 6.83. The number of halogens is 1. The van der Waals surface area contributed by atoms with E-state index in [1.807, 2.05) is 19.9 Å². The number of aromatic carboxylic acids is 1. The van der Waals surface area contributed by atoms with Crippen molar-refractivity contribution < 1.29 is 14.6 Å². The fraction of sp³-hybridized carbons (Fsp3) is 0.214. The molecule has 0 radical (unpaired) electrons. The lowest BCUT2D eigenvalue weighted by atomic mass is 10.2. The van der Waals surface area contributed by atoms with Crippen LogP contribution in [0, 0.1) is 6.92 Å². The third-order valence-corrected chi connectivity index (χ3v) is 3.10. The highest BCUT2D eigenvalue weighted by Crippen LogP contribution is 2.27. The monoisotopic (exact) mass is 336 g/mol. The van der Waals surface area contributed by atoms with E-state index >= 15 is 0 Å². The normalized spacial score (nSPS) is 10.3. The molecule has 0 amide bonds. The van der Waals surface area contributed by atoms with Gasteiger partial charge in [-0.25, -0.2) is 9.78 Å². The van der Waals surface area contributed by atoms with Gasteiger partial charge in [0.05, 0.1) is 5.69 Å². The molecule has 0 spiro atoms. The first-order chi connectivity index (χ1) is 9.51. The molecule has 6 heteroatoms. The standard InChI is InChI=1S/C14H13BrN2O3/c1-3-11-12(5-4-8(2)17-11)20-13-10(14(18)19)6-9(15)7-16-13/h4-7H,3H2,1-2H3,(H,18,19). The van der Waals surface area contributed by atoms with E-state index in [2.05, 4.69) is 25.9 Å². The van der Waals surface area contributed by atoms with E-state index in [0.29, 0.717) is 16.6 Å². The smallest absolute Gasteiger partial charge is 0.341 e. The number of aryl methyl sites for hydroxylation is 2. The van der Waals surface area contributed by atoms with Crippen molar-refractivity contribution in [3.63, 3.8) is 0 Å². The fourth-order valence-electron chi connectivity index (χ4n) is 1.71. The molecule has 2 aromatic heterocycles. The predicted molar refractivity (Wildman–Crippen MR) is 77.3 cm³/mol. The maximum atomic E-state index is 11.2. The van der Waals surface area contributed by atoms with Gasteiger partial charge >= 0.3 is 5.97 Å².